The summed E-state index contributed by atoms with van der Waals surface area (Å²) in [5.41, 5.74) is 1.07. The standard InChI is InChI=1S/C19H23FN2O3/c1-13(19(23)21-16-10-6-5-9-15(16)20)22(2)12-14-8-7-11-17(24-3)18(14)25-4/h5-11,13H,12H2,1-4H3,(H,21,23)/t13-/m0/s1. The Morgan fingerprint density at radius 2 is 1.88 bits per heavy atom. The van der Waals surface area contributed by atoms with E-state index in [0.29, 0.717) is 18.0 Å². The number of carbonyl (C=O) groups excluding carboxylic acids is 1. The molecule has 1 N–H and O–H groups in total. The Bertz CT molecular complexity index is 736. The van der Waals surface area contributed by atoms with Gasteiger partial charge in [-0.25, -0.2) is 4.39 Å². The molecule has 0 aliphatic carbocycles. The number of hydrogen-bond donors (Lipinski definition) is 1. The van der Waals surface area contributed by atoms with Crippen LogP contribution in [0.5, 0.6) is 11.5 Å². The van der Waals surface area contributed by atoms with Gasteiger partial charge in [-0.1, -0.05) is 24.3 Å². The number of amides is 1. The molecule has 0 spiro atoms. The minimum atomic E-state index is -0.462. The maximum absolute atomic E-state index is 13.7. The van der Waals surface area contributed by atoms with E-state index in [1.54, 1.807) is 33.3 Å². The molecular weight excluding hydrogens is 323 g/mol. The van der Waals surface area contributed by atoms with Gasteiger partial charge in [0.15, 0.2) is 11.5 Å². The third kappa shape index (κ3) is 4.48. The molecule has 5 nitrogen and oxygen atoms in total. The number of nitrogens with one attached hydrogen (secondary N) is 1. The molecule has 0 aromatic heterocycles. The van der Waals surface area contributed by atoms with Crippen LogP contribution in [-0.4, -0.2) is 38.1 Å². The number of methoxy groups -OCH3 is 2. The van der Waals surface area contributed by atoms with Crippen LogP contribution < -0.4 is 14.8 Å². The lowest BCUT2D eigenvalue weighted by Crippen LogP contribution is -2.39. The molecule has 0 saturated carbocycles. The van der Waals surface area contributed by atoms with Gasteiger partial charge in [0, 0.05) is 12.1 Å². The van der Waals surface area contributed by atoms with Crippen molar-refractivity contribution >= 4 is 11.6 Å². The molecule has 1 atom stereocenters. The number of para-hydroxylation sites is 2. The van der Waals surface area contributed by atoms with Gasteiger partial charge in [-0.15, -0.1) is 0 Å². The van der Waals surface area contributed by atoms with E-state index >= 15 is 0 Å². The summed E-state index contributed by atoms with van der Waals surface area (Å²) in [7, 11) is 4.98. The summed E-state index contributed by atoms with van der Waals surface area (Å²) >= 11 is 0. The van der Waals surface area contributed by atoms with Gasteiger partial charge >= 0.3 is 0 Å². The average Bonchev–Trinajstić information content (AvgIpc) is 2.62. The molecule has 0 bridgehead atoms. The fourth-order valence-corrected chi connectivity index (χ4v) is 2.48. The Labute approximate surface area is 147 Å². The van der Waals surface area contributed by atoms with Crippen LogP contribution in [-0.2, 0) is 11.3 Å². The molecule has 134 valence electrons. The van der Waals surface area contributed by atoms with Crippen LogP contribution >= 0.6 is 0 Å². The van der Waals surface area contributed by atoms with Crippen molar-refractivity contribution in [2.45, 2.75) is 19.5 Å². The van der Waals surface area contributed by atoms with Crippen LogP contribution in [0.1, 0.15) is 12.5 Å². The van der Waals surface area contributed by atoms with Crippen molar-refractivity contribution in [1.82, 2.24) is 4.90 Å². The SMILES string of the molecule is COc1cccc(CN(C)[C@@H](C)C(=O)Nc2ccccc2F)c1OC. The average molecular weight is 346 g/mol. The molecule has 25 heavy (non-hydrogen) atoms. The maximum atomic E-state index is 13.7. The van der Waals surface area contributed by atoms with Crippen LogP contribution in [0.25, 0.3) is 0 Å². The molecule has 0 aliphatic rings. The van der Waals surface area contributed by atoms with Crippen molar-refractivity contribution in [3.8, 4) is 11.5 Å². The van der Waals surface area contributed by atoms with Crippen LogP contribution in [0.3, 0.4) is 0 Å². The number of ether oxygens (including phenoxy) is 2. The van der Waals surface area contributed by atoms with E-state index < -0.39 is 11.9 Å². The fourth-order valence-electron chi connectivity index (χ4n) is 2.48. The van der Waals surface area contributed by atoms with E-state index in [2.05, 4.69) is 5.32 Å². The van der Waals surface area contributed by atoms with E-state index in [9.17, 15) is 9.18 Å². The Morgan fingerprint density at radius 3 is 2.52 bits per heavy atom. The minimum Gasteiger partial charge on any atom is -0.493 e. The molecule has 0 fully saturated rings. The van der Waals surface area contributed by atoms with Gasteiger partial charge in [0.05, 0.1) is 25.9 Å². The Morgan fingerprint density at radius 1 is 1.16 bits per heavy atom. The van der Waals surface area contributed by atoms with Crippen molar-refractivity contribution in [2.24, 2.45) is 0 Å². The first-order valence-corrected chi connectivity index (χ1v) is 7.93. The van der Waals surface area contributed by atoms with E-state index in [1.165, 1.54) is 12.1 Å². The lowest BCUT2D eigenvalue weighted by Gasteiger charge is -2.25. The number of anilines is 1. The Balaban J connectivity index is 2.09. The second-order valence-electron chi connectivity index (χ2n) is 5.71. The second kappa shape index (κ2) is 8.48. The highest BCUT2D eigenvalue weighted by molar-refractivity contribution is 5.94. The molecule has 6 heteroatoms. The summed E-state index contributed by atoms with van der Waals surface area (Å²) in [5.74, 6) is 0.532. The number of nitrogens with zero attached hydrogens (tertiary/aromatic N) is 1. The molecular formula is C19H23FN2O3. The summed E-state index contributed by atoms with van der Waals surface area (Å²) in [4.78, 5) is 14.3. The van der Waals surface area contributed by atoms with Gasteiger partial charge in [0.25, 0.3) is 0 Å². The quantitative estimate of drug-likeness (QED) is 0.836. The van der Waals surface area contributed by atoms with Crippen molar-refractivity contribution in [1.29, 1.82) is 0 Å². The van der Waals surface area contributed by atoms with Crippen LogP contribution in [0.4, 0.5) is 10.1 Å². The van der Waals surface area contributed by atoms with Gasteiger partial charge in [-0.3, -0.25) is 9.69 Å². The number of carbonyl (C=O) groups is 1. The zero-order valence-electron chi connectivity index (χ0n) is 14.9. The molecule has 0 radical (unpaired) electrons. The summed E-state index contributed by atoms with van der Waals surface area (Å²) < 4.78 is 24.4. The minimum absolute atomic E-state index is 0.173. The first kappa shape index (κ1) is 18.7. The molecule has 2 rings (SSSR count). The zero-order chi connectivity index (χ0) is 18.4. The van der Waals surface area contributed by atoms with Crippen molar-refractivity contribution in [3.63, 3.8) is 0 Å². The van der Waals surface area contributed by atoms with E-state index in [1.807, 2.05) is 30.1 Å². The highest BCUT2D eigenvalue weighted by Gasteiger charge is 2.21. The Hall–Kier alpha value is -2.60. The molecule has 2 aromatic rings. The molecule has 0 unspecified atom stereocenters. The lowest BCUT2D eigenvalue weighted by molar-refractivity contribution is -0.120. The van der Waals surface area contributed by atoms with Gasteiger partial charge in [-0.2, -0.15) is 0 Å². The molecule has 2 aromatic carbocycles. The number of halogens is 1. The highest BCUT2D eigenvalue weighted by Crippen LogP contribution is 2.31. The lowest BCUT2D eigenvalue weighted by atomic mass is 10.1. The van der Waals surface area contributed by atoms with Crippen molar-refractivity contribution in [3.05, 3.63) is 53.8 Å². The molecule has 0 saturated heterocycles. The first-order valence-electron chi connectivity index (χ1n) is 7.93. The number of hydrogen-bond acceptors (Lipinski definition) is 4. The van der Waals surface area contributed by atoms with Crippen LogP contribution in [0.2, 0.25) is 0 Å². The normalized spacial score (nSPS) is 11.9. The monoisotopic (exact) mass is 346 g/mol. The van der Waals surface area contributed by atoms with E-state index in [4.69, 9.17) is 9.47 Å². The zero-order valence-corrected chi connectivity index (χ0v) is 14.9. The predicted octanol–water partition coefficient (Wildman–Crippen LogP) is 3.30. The Kier molecular flexibility index (Phi) is 6.36. The van der Waals surface area contributed by atoms with Gasteiger partial charge in [0.1, 0.15) is 5.82 Å². The fraction of sp³-hybridized carbons (Fsp3) is 0.316. The van der Waals surface area contributed by atoms with Gasteiger partial charge in [0.2, 0.25) is 5.91 Å². The molecule has 0 aliphatic heterocycles. The molecule has 1 amide bonds. The van der Waals surface area contributed by atoms with E-state index in [0.717, 1.165) is 5.56 Å². The first-order chi connectivity index (χ1) is 12.0. The smallest absolute Gasteiger partial charge is 0.241 e. The third-order valence-electron chi connectivity index (χ3n) is 4.08. The number of rotatable bonds is 7. The summed E-state index contributed by atoms with van der Waals surface area (Å²) in [5, 5.41) is 2.62. The number of likely N-dealkylation sites (N-methyl/N-ethyl adjacent to an activating group) is 1. The number of benzene rings is 2. The third-order valence-corrected chi connectivity index (χ3v) is 4.08. The van der Waals surface area contributed by atoms with Crippen molar-refractivity contribution in [2.75, 3.05) is 26.6 Å². The summed E-state index contributed by atoms with van der Waals surface area (Å²) in [6, 6.07) is 11.2. The topological polar surface area (TPSA) is 50.8 Å². The van der Waals surface area contributed by atoms with Crippen molar-refractivity contribution < 1.29 is 18.7 Å². The maximum Gasteiger partial charge on any atom is 0.241 e. The molecule has 0 heterocycles. The predicted molar refractivity (Wildman–Crippen MR) is 95.5 cm³/mol. The van der Waals surface area contributed by atoms with Gasteiger partial charge in [-0.05, 0) is 32.2 Å². The van der Waals surface area contributed by atoms with Crippen LogP contribution in [0.15, 0.2) is 42.5 Å². The van der Waals surface area contributed by atoms with E-state index in [-0.39, 0.29) is 11.6 Å². The second-order valence-corrected chi connectivity index (χ2v) is 5.71. The highest BCUT2D eigenvalue weighted by atomic mass is 19.1. The van der Waals surface area contributed by atoms with Gasteiger partial charge < -0.3 is 14.8 Å². The summed E-state index contributed by atoms with van der Waals surface area (Å²) in [6.07, 6.45) is 0. The largest absolute Gasteiger partial charge is 0.493 e. The summed E-state index contributed by atoms with van der Waals surface area (Å²) in [6.45, 7) is 2.25. The van der Waals surface area contributed by atoms with Crippen LogP contribution in [0, 0.1) is 5.82 Å².